The Labute approximate surface area is 148 Å². The fourth-order valence-corrected chi connectivity index (χ4v) is 2.64. The molecule has 6 heteroatoms. The van der Waals surface area contributed by atoms with Gasteiger partial charge in [0.1, 0.15) is 6.61 Å². The molecule has 1 radical (unpaired) electrons. The number of ether oxygens (including phenoxy) is 2. The Morgan fingerprint density at radius 3 is 2.12 bits per heavy atom. The van der Waals surface area contributed by atoms with E-state index in [0.29, 0.717) is 16.8 Å². The van der Waals surface area contributed by atoms with Crippen LogP contribution in [0.1, 0.15) is 32.5 Å². The maximum Gasteiger partial charge on any atom is 0.338 e. The molecule has 0 aliphatic rings. The Kier molecular flexibility index (Phi) is 5.53. The maximum absolute atomic E-state index is 12.3. The average Bonchev–Trinajstić information content (AvgIpc) is 3.20. The van der Waals surface area contributed by atoms with Crippen molar-refractivity contribution in [1.29, 1.82) is 0 Å². The number of hydrogen-bond acceptors (Lipinski definition) is 6. The lowest BCUT2D eigenvalue weighted by Crippen LogP contribution is -2.19. The molecule has 0 amide bonds. The van der Waals surface area contributed by atoms with Crippen molar-refractivity contribution in [3.63, 3.8) is 0 Å². The molecule has 5 nitrogen and oxygen atoms in total. The van der Waals surface area contributed by atoms with E-state index in [2.05, 4.69) is 10.5 Å². The van der Waals surface area contributed by atoms with E-state index < -0.39 is 18.0 Å². The van der Waals surface area contributed by atoms with Crippen LogP contribution in [0.25, 0.3) is 0 Å². The molecule has 0 N–H and O–H groups in total. The van der Waals surface area contributed by atoms with E-state index in [1.807, 2.05) is 12.1 Å². The first-order chi connectivity index (χ1) is 12.2. The van der Waals surface area contributed by atoms with Gasteiger partial charge in [0.15, 0.2) is 11.6 Å². The first kappa shape index (κ1) is 16.9. The van der Waals surface area contributed by atoms with Crippen molar-refractivity contribution in [1.82, 2.24) is 4.98 Å². The van der Waals surface area contributed by atoms with Gasteiger partial charge < -0.3 is 9.47 Å². The molecular weight excluding hydrogens is 338 g/mol. The van der Waals surface area contributed by atoms with E-state index in [-0.39, 0.29) is 6.61 Å². The van der Waals surface area contributed by atoms with Crippen LogP contribution in [0.5, 0.6) is 0 Å². The summed E-state index contributed by atoms with van der Waals surface area (Å²) in [6, 6.07) is 17.2. The summed E-state index contributed by atoms with van der Waals surface area (Å²) in [5, 5.41) is 1.71. The second-order valence-corrected chi connectivity index (χ2v) is 5.74. The summed E-state index contributed by atoms with van der Waals surface area (Å²) in [6.07, 6.45) is -0.789. The van der Waals surface area contributed by atoms with Crippen molar-refractivity contribution in [3.05, 3.63) is 88.4 Å². The predicted octanol–water partition coefficient (Wildman–Crippen LogP) is 3.70. The number of thiazole rings is 1. The third-order valence-electron chi connectivity index (χ3n) is 3.37. The molecule has 25 heavy (non-hydrogen) atoms. The van der Waals surface area contributed by atoms with Gasteiger partial charge >= 0.3 is 11.9 Å². The summed E-state index contributed by atoms with van der Waals surface area (Å²) in [6.45, 7) is -0.121. The van der Waals surface area contributed by atoms with Crippen molar-refractivity contribution in [2.75, 3.05) is 6.61 Å². The highest BCUT2D eigenvalue weighted by atomic mass is 32.1. The number of nitrogens with zero attached hydrogens (tertiary/aromatic N) is 1. The highest BCUT2D eigenvalue weighted by Crippen LogP contribution is 2.20. The monoisotopic (exact) mass is 352 g/mol. The summed E-state index contributed by atoms with van der Waals surface area (Å²) in [5.41, 5.74) is 4.05. The Morgan fingerprint density at radius 1 is 0.960 bits per heavy atom. The minimum Gasteiger partial charge on any atom is -0.458 e. The second-order valence-electron chi connectivity index (χ2n) is 5.09. The van der Waals surface area contributed by atoms with Crippen LogP contribution in [0.2, 0.25) is 0 Å². The van der Waals surface area contributed by atoms with Crippen molar-refractivity contribution in [2.45, 2.75) is 6.10 Å². The molecule has 0 saturated heterocycles. The molecule has 0 saturated carbocycles. The fraction of sp³-hybridized carbons (Fsp3) is 0.105. The molecule has 2 aromatic carbocycles. The van der Waals surface area contributed by atoms with Gasteiger partial charge in [-0.25, -0.2) is 14.6 Å². The number of rotatable bonds is 6. The molecule has 0 bridgehead atoms. The first-order valence-electron chi connectivity index (χ1n) is 7.53. The third kappa shape index (κ3) is 4.51. The predicted molar refractivity (Wildman–Crippen MR) is 92.3 cm³/mol. The molecule has 125 valence electrons. The number of esters is 2. The van der Waals surface area contributed by atoms with Crippen LogP contribution in [0.15, 0.2) is 66.0 Å². The van der Waals surface area contributed by atoms with Gasteiger partial charge in [0, 0.05) is 5.38 Å². The van der Waals surface area contributed by atoms with Gasteiger partial charge in [0.2, 0.25) is 0 Å². The number of carbonyl (C=O) groups is 2. The normalized spacial score (nSPS) is 11.5. The van der Waals surface area contributed by atoms with Gasteiger partial charge in [-0.2, -0.15) is 0 Å². The van der Waals surface area contributed by atoms with Gasteiger partial charge in [-0.3, -0.25) is 0 Å². The number of aromatic nitrogens is 1. The number of carbonyl (C=O) groups excluding carboxylic acids is 2. The zero-order chi connectivity index (χ0) is 17.5. The Morgan fingerprint density at radius 2 is 1.56 bits per heavy atom. The van der Waals surface area contributed by atoms with Crippen LogP contribution >= 0.6 is 11.3 Å². The van der Waals surface area contributed by atoms with E-state index in [1.54, 1.807) is 53.9 Å². The lowest BCUT2D eigenvalue weighted by Gasteiger charge is -2.16. The molecule has 1 heterocycles. The van der Waals surface area contributed by atoms with Crippen LogP contribution in [-0.2, 0) is 9.47 Å². The number of benzene rings is 2. The van der Waals surface area contributed by atoms with E-state index in [1.165, 1.54) is 11.3 Å². The zero-order valence-corrected chi connectivity index (χ0v) is 13.9. The smallest absolute Gasteiger partial charge is 0.338 e. The van der Waals surface area contributed by atoms with E-state index in [9.17, 15) is 9.59 Å². The van der Waals surface area contributed by atoms with Gasteiger partial charge in [-0.05, 0) is 24.3 Å². The third-order valence-corrected chi connectivity index (χ3v) is 3.93. The molecule has 0 fully saturated rings. The Balaban J connectivity index is 1.68. The van der Waals surface area contributed by atoms with E-state index >= 15 is 0 Å². The molecule has 1 atom stereocenters. The SMILES string of the molecule is O=C(OC[C@@H](OC(=O)c1ccccc1)c1cs[c]n1)c1ccccc1. The standard InChI is InChI=1S/C19H14NO4S/c21-18(14-7-3-1-4-8-14)23-11-17(16-12-25-13-20-16)24-19(22)15-9-5-2-6-10-15/h1-10,12,17H,11H2/t17-/m1/s1. The van der Waals surface area contributed by atoms with Gasteiger partial charge in [-0.15, -0.1) is 11.3 Å². The van der Waals surface area contributed by atoms with Crippen LogP contribution in [0, 0.1) is 5.51 Å². The average molecular weight is 352 g/mol. The molecule has 0 spiro atoms. The summed E-state index contributed by atoms with van der Waals surface area (Å²) in [7, 11) is 0. The van der Waals surface area contributed by atoms with Crippen LogP contribution in [0.3, 0.4) is 0 Å². The van der Waals surface area contributed by atoms with Crippen molar-refractivity contribution in [3.8, 4) is 0 Å². The van der Waals surface area contributed by atoms with Crippen molar-refractivity contribution < 1.29 is 19.1 Å². The number of hydrogen-bond donors (Lipinski definition) is 0. The van der Waals surface area contributed by atoms with E-state index in [0.717, 1.165) is 0 Å². The largest absolute Gasteiger partial charge is 0.458 e. The summed E-state index contributed by atoms with van der Waals surface area (Å²) in [4.78, 5) is 28.4. The molecular formula is C19H14NO4S. The fourth-order valence-electron chi connectivity index (χ4n) is 2.10. The maximum atomic E-state index is 12.3. The molecule has 3 rings (SSSR count). The Bertz CT molecular complexity index is 819. The second kappa shape index (κ2) is 8.21. The van der Waals surface area contributed by atoms with Crippen LogP contribution < -0.4 is 0 Å². The van der Waals surface area contributed by atoms with Gasteiger partial charge in [0.05, 0.1) is 16.8 Å². The van der Waals surface area contributed by atoms with Gasteiger partial charge in [0.25, 0.3) is 0 Å². The summed E-state index contributed by atoms with van der Waals surface area (Å²) < 4.78 is 10.8. The lowest BCUT2D eigenvalue weighted by molar-refractivity contribution is -0.00233. The topological polar surface area (TPSA) is 65.5 Å². The lowest BCUT2D eigenvalue weighted by atomic mass is 10.2. The van der Waals surface area contributed by atoms with Crippen molar-refractivity contribution in [2.24, 2.45) is 0 Å². The van der Waals surface area contributed by atoms with E-state index in [4.69, 9.17) is 9.47 Å². The first-order valence-corrected chi connectivity index (χ1v) is 8.41. The summed E-state index contributed by atoms with van der Waals surface area (Å²) in [5.74, 6) is -0.991. The van der Waals surface area contributed by atoms with Crippen LogP contribution in [-0.4, -0.2) is 23.5 Å². The highest BCUT2D eigenvalue weighted by molar-refractivity contribution is 7.07. The molecule has 0 unspecified atom stereocenters. The Hall–Kier alpha value is -2.99. The van der Waals surface area contributed by atoms with Crippen LogP contribution in [0.4, 0.5) is 0 Å². The van der Waals surface area contributed by atoms with Crippen molar-refractivity contribution >= 4 is 23.3 Å². The molecule has 3 aromatic rings. The molecule has 0 aliphatic heterocycles. The summed E-state index contributed by atoms with van der Waals surface area (Å²) >= 11 is 1.25. The minimum atomic E-state index is -0.789. The highest BCUT2D eigenvalue weighted by Gasteiger charge is 2.22. The zero-order valence-electron chi connectivity index (χ0n) is 13.1. The molecule has 0 aliphatic carbocycles. The quantitative estimate of drug-likeness (QED) is 0.633. The van der Waals surface area contributed by atoms with Gasteiger partial charge in [-0.1, -0.05) is 36.4 Å². The minimum absolute atomic E-state index is 0.121. The molecule has 1 aromatic heterocycles.